The van der Waals surface area contributed by atoms with Crippen molar-refractivity contribution in [2.24, 2.45) is 11.8 Å². The number of carbonyl (C=O) groups excluding carboxylic acids is 2. The lowest BCUT2D eigenvalue weighted by atomic mass is 9.82. The zero-order valence-electron chi connectivity index (χ0n) is 15.3. The van der Waals surface area contributed by atoms with Crippen LogP contribution < -0.4 is 5.32 Å². The number of hydrogen-bond acceptors (Lipinski definition) is 5. The molecule has 0 unspecified atom stereocenters. The van der Waals surface area contributed by atoms with Crippen LogP contribution in [-0.2, 0) is 16.1 Å². The smallest absolute Gasteiger partial charge is 0.289 e. The average Bonchev–Trinajstić information content (AvgIpc) is 3.34. The maximum atomic E-state index is 12.9. The van der Waals surface area contributed by atoms with Gasteiger partial charge in [0.1, 0.15) is 5.76 Å². The van der Waals surface area contributed by atoms with Crippen LogP contribution in [-0.4, -0.2) is 47.5 Å². The van der Waals surface area contributed by atoms with Crippen molar-refractivity contribution in [2.45, 2.75) is 26.0 Å². The van der Waals surface area contributed by atoms with Crippen LogP contribution in [0, 0.1) is 18.8 Å². The highest BCUT2D eigenvalue weighted by atomic mass is 16.5. The Morgan fingerprint density at radius 3 is 2.89 bits per heavy atom. The lowest BCUT2D eigenvalue weighted by molar-refractivity contribution is -0.130. The first kappa shape index (κ1) is 17.7. The molecular formula is C20H23N3O4. The second kappa shape index (κ2) is 7.52. The van der Waals surface area contributed by atoms with Gasteiger partial charge < -0.3 is 19.4 Å². The minimum atomic E-state index is -0.296. The van der Waals surface area contributed by atoms with E-state index in [-0.39, 0.29) is 29.8 Å². The van der Waals surface area contributed by atoms with E-state index >= 15 is 0 Å². The van der Waals surface area contributed by atoms with Gasteiger partial charge in [-0.3, -0.25) is 14.6 Å². The highest BCUT2D eigenvalue weighted by molar-refractivity contribution is 5.92. The molecule has 0 radical (unpaired) electrons. The second-order valence-electron chi connectivity index (χ2n) is 7.13. The molecule has 1 N–H and O–H groups in total. The highest BCUT2D eigenvalue weighted by Crippen LogP contribution is 2.34. The molecule has 0 saturated carbocycles. The van der Waals surface area contributed by atoms with Gasteiger partial charge in [0, 0.05) is 31.8 Å². The molecule has 2 aromatic rings. The number of furan rings is 1. The molecule has 0 aromatic carbocycles. The fourth-order valence-electron chi connectivity index (χ4n) is 3.94. The molecule has 2 aromatic heterocycles. The Morgan fingerprint density at radius 1 is 1.26 bits per heavy atom. The zero-order chi connectivity index (χ0) is 18.8. The lowest BCUT2D eigenvalue weighted by Gasteiger charge is -2.38. The fraction of sp³-hybridized carbons (Fsp3) is 0.450. The van der Waals surface area contributed by atoms with Crippen LogP contribution in [0.1, 0.15) is 28.4 Å². The summed E-state index contributed by atoms with van der Waals surface area (Å²) in [6.07, 6.45) is 2.44. The third-order valence-electron chi connectivity index (χ3n) is 5.34. The summed E-state index contributed by atoms with van der Waals surface area (Å²) in [5, 5.41) is 2.97. The Morgan fingerprint density at radius 2 is 2.15 bits per heavy atom. The maximum absolute atomic E-state index is 12.9. The number of rotatable bonds is 4. The number of aryl methyl sites for hydroxylation is 1. The fourth-order valence-corrected chi connectivity index (χ4v) is 3.94. The number of pyridine rings is 1. The summed E-state index contributed by atoms with van der Waals surface area (Å²) in [5.41, 5.74) is 0.805. The standard InChI is InChI=1S/C20H23N3O4/c1-13-5-6-17(27-13)20(25)23-11-16(15-7-9-26-18(15)12-23)19(24)22-10-14-4-2-3-8-21-14/h2-6,8,15-16,18H,7,9-12H2,1H3,(H,22,24)/t15-,16+,18+/m0/s1. The van der Waals surface area contributed by atoms with Crippen LogP contribution in [0.25, 0.3) is 0 Å². The Bertz CT molecular complexity index is 820. The van der Waals surface area contributed by atoms with Gasteiger partial charge in [0.25, 0.3) is 5.91 Å². The minimum absolute atomic E-state index is 0.0609. The summed E-state index contributed by atoms with van der Waals surface area (Å²) < 4.78 is 11.3. The van der Waals surface area contributed by atoms with E-state index in [0.717, 1.165) is 12.1 Å². The second-order valence-corrected chi connectivity index (χ2v) is 7.13. The molecule has 7 heteroatoms. The molecule has 2 aliphatic heterocycles. The first-order chi connectivity index (χ1) is 13.1. The number of carbonyl (C=O) groups is 2. The topological polar surface area (TPSA) is 84.7 Å². The normalized spacial score (nSPS) is 24.5. The van der Waals surface area contributed by atoms with E-state index in [1.54, 1.807) is 30.2 Å². The first-order valence-corrected chi connectivity index (χ1v) is 9.27. The van der Waals surface area contributed by atoms with Crippen molar-refractivity contribution in [1.82, 2.24) is 15.2 Å². The lowest BCUT2D eigenvalue weighted by Crippen LogP contribution is -2.54. The number of fused-ring (bicyclic) bond motifs is 1. The van der Waals surface area contributed by atoms with Crippen LogP contribution in [0.2, 0.25) is 0 Å². The van der Waals surface area contributed by atoms with Gasteiger partial charge in [-0.15, -0.1) is 0 Å². The van der Waals surface area contributed by atoms with Gasteiger partial charge in [-0.25, -0.2) is 0 Å². The van der Waals surface area contributed by atoms with Crippen LogP contribution in [0.15, 0.2) is 40.9 Å². The van der Waals surface area contributed by atoms with Crippen molar-refractivity contribution in [3.63, 3.8) is 0 Å². The molecule has 2 saturated heterocycles. The van der Waals surface area contributed by atoms with E-state index in [1.165, 1.54) is 0 Å². The number of ether oxygens (including phenoxy) is 1. The van der Waals surface area contributed by atoms with Crippen molar-refractivity contribution >= 4 is 11.8 Å². The molecule has 4 heterocycles. The van der Waals surface area contributed by atoms with Crippen molar-refractivity contribution < 1.29 is 18.7 Å². The molecular weight excluding hydrogens is 346 g/mol. The molecule has 142 valence electrons. The largest absolute Gasteiger partial charge is 0.456 e. The Balaban J connectivity index is 1.46. The van der Waals surface area contributed by atoms with Gasteiger partial charge >= 0.3 is 0 Å². The van der Waals surface area contributed by atoms with E-state index in [4.69, 9.17) is 9.15 Å². The predicted molar refractivity (Wildman–Crippen MR) is 96.8 cm³/mol. The first-order valence-electron chi connectivity index (χ1n) is 9.27. The van der Waals surface area contributed by atoms with Gasteiger partial charge in [-0.2, -0.15) is 0 Å². The van der Waals surface area contributed by atoms with Gasteiger partial charge in [0.15, 0.2) is 5.76 Å². The summed E-state index contributed by atoms with van der Waals surface area (Å²) in [5.74, 6) is 0.576. The molecule has 27 heavy (non-hydrogen) atoms. The van der Waals surface area contributed by atoms with Gasteiger partial charge in [-0.1, -0.05) is 6.07 Å². The third-order valence-corrected chi connectivity index (χ3v) is 5.34. The maximum Gasteiger partial charge on any atom is 0.289 e. The minimum Gasteiger partial charge on any atom is -0.456 e. The molecule has 3 atom stereocenters. The quantitative estimate of drug-likeness (QED) is 0.888. The van der Waals surface area contributed by atoms with Gasteiger partial charge in [0.05, 0.1) is 24.3 Å². The van der Waals surface area contributed by atoms with Crippen molar-refractivity contribution in [3.05, 3.63) is 53.7 Å². The molecule has 0 aliphatic carbocycles. The summed E-state index contributed by atoms with van der Waals surface area (Å²) in [6.45, 7) is 3.67. The summed E-state index contributed by atoms with van der Waals surface area (Å²) in [7, 11) is 0. The molecule has 0 spiro atoms. The predicted octanol–water partition coefficient (Wildman–Crippen LogP) is 1.78. The van der Waals surface area contributed by atoms with Crippen LogP contribution in [0.5, 0.6) is 0 Å². The van der Waals surface area contributed by atoms with Crippen molar-refractivity contribution in [1.29, 1.82) is 0 Å². The van der Waals surface area contributed by atoms with Crippen LogP contribution in [0.3, 0.4) is 0 Å². The third kappa shape index (κ3) is 3.73. The zero-order valence-corrected chi connectivity index (χ0v) is 15.3. The number of nitrogens with one attached hydrogen (secondary N) is 1. The molecule has 4 rings (SSSR count). The Labute approximate surface area is 157 Å². The van der Waals surface area contributed by atoms with E-state index in [9.17, 15) is 9.59 Å². The number of hydrogen-bond donors (Lipinski definition) is 1. The van der Waals surface area contributed by atoms with E-state index < -0.39 is 0 Å². The van der Waals surface area contributed by atoms with Crippen LogP contribution >= 0.6 is 0 Å². The summed E-state index contributed by atoms with van der Waals surface area (Å²) in [4.78, 5) is 31.6. The average molecular weight is 369 g/mol. The molecule has 2 fully saturated rings. The summed E-state index contributed by atoms with van der Waals surface area (Å²) >= 11 is 0. The van der Waals surface area contributed by atoms with Crippen molar-refractivity contribution in [2.75, 3.05) is 19.7 Å². The van der Waals surface area contributed by atoms with Gasteiger partial charge in [0.2, 0.25) is 5.91 Å². The highest BCUT2D eigenvalue weighted by Gasteiger charge is 2.45. The van der Waals surface area contributed by atoms with Crippen molar-refractivity contribution in [3.8, 4) is 0 Å². The van der Waals surface area contributed by atoms with E-state index in [1.807, 2.05) is 18.2 Å². The molecule has 2 aliphatic rings. The molecule has 7 nitrogen and oxygen atoms in total. The SMILES string of the molecule is Cc1ccc(C(=O)N2C[C@H]3OCC[C@H]3[C@H](C(=O)NCc3ccccn3)C2)o1. The summed E-state index contributed by atoms with van der Waals surface area (Å²) in [6, 6.07) is 9.05. The number of nitrogens with zero attached hydrogens (tertiary/aromatic N) is 2. The van der Waals surface area contributed by atoms with Crippen LogP contribution in [0.4, 0.5) is 0 Å². The Hall–Kier alpha value is -2.67. The van der Waals surface area contributed by atoms with E-state index in [0.29, 0.717) is 37.8 Å². The van der Waals surface area contributed by atoms with Gasteiger partial charge in [-0.05, 0) is 37.6 Å². The number of amides is 2. The molecule has 2 amide bonds. The molecule has 0 bridgehead atoms. The van der Waals surface area contributed by atoms with E-state index in [2.05, 4.69) is 10.3 Å². The number of piperidine rings is 1. The number of likely N-dealkylation sites (tertiary alicyclic amines) is 1. The monoisotopic (exact) mass is 369 g/mol. The Kier molecular flexibility index (Phi) is 4.94. The number of aromatic nitrogens is 1.